The predicted molar refractivity (Wildman–Crippen MR) is 167 cm³/mol. The van der Waals surface area contributed by atoms with Crippen molar-refractivity contribution in [1.29, 1.82) is 0 Å². The van der Waals surface area contributed by atoms with E-state index in [2.05, 4.69) is 9.88 Å². The molecular weight excluding hydrogens is 620 g/mol. The third-order valence-corrected chi connectivity index (χ3v) is 9.47. The highest BCUT2D eigenvalue weighted by Gasteiger charge is 2.59. The summed E-state index contributed by atoms with van der Waals surface area (Å²) in [6.07, 6.45) is 1.53. The van der Waals surface area contributed by atoms with Gasteiger partial charge in [-0.15, -0.1) is 0 Å². The second-order valence-electron chi connectivity index (χ2n) is 14.3. The van der Waals surface area contributed by atoms with E-state index >= 15 is 0 Å². The van der Waals surface area contributed by atoms with E-state index in [4.69, 9.17) is 14.2 Å². The predicted octanol–water partition coefficient (Wildman–Crippen LogP) is 7.13. The van der Waals surface area contributed by atoms with Gasteiger partial charge in [0.1, 0.15) is 17.2 Å². The van der Waals surface area contributed by atoms with Crippen molar-refractivity contribution in [2.75, 3.05) is 38.8 Å². The van der Waals surface area contributed by atoms with Crippen LogP contribution in [0.1, 0.15) is 79.7 Å². The van der Waals surface area contributed by atoms with Gasteiger partial charge in [0, 0.05) is 48.1 Å². The zero-order chi connectivity index (χ0) is 34.1. The molecule has 0 N–H and O–H groups in total. The maximum absolute atomic E-state index is 14.3. The average molecular weight is 661 g/mol. The molecule has 0 bridgehead atoms. The van der Waals surface area contributed by atoms with Gasteiger partial charge in [-0.05, 0) is 76.3 Å². The number of methoxy groups -OCH3 is 2. The zero-order valence-corrected chi connectivity index (χ0v) is 27.5. The minimum absolute atomic E-state index is 0.0286. The first-order valence-corrected chi connectivity index (χ1v) is 15.7. The van der Waals surface area contributed by atoms with Crippen LogP contribution in [0.4, 0.5) is 28.2 Å². The number of pyridine rings is 1. The van der Waals surface area contributed by atoms with Crippen LogP contribution in [0, 0.1) is 12.3 Å². The van der Waals surface area contributed by atoms with Crippen LogP contribution < -0.4 is 9.64 Å². The van der Waals surface area contributed by atoms with Crippen LogP contribution in [0.25, 0.3) is 10.9 Å². The van der Waals surface area contributed by atoms with E-state index in [1.807, 2.05) is 19.1 Å². The summed E-state index contributed by atoms with van der Waals surface area (Å²) in [5, 5.41) is 0.767. The number of nitrogens with zero attached hydrogens (tertiary/aromatic N) is 4. The molecule has 254 valence electrons. The van der Waals surface area contributed by atoms with Crippen LogP contribution in [0.15, 0.2) is 30.5 Å². The third kappa shape index (κ3) is 6.26. The first-order valence-electron chi connectivity index (χ1n) is 15.7. The molecule has 1 spiro atoms. The van der Waals surface area contributed by atoms with E-state index in [0.717, 1.165) is 16.5 Å². The molecule has 1 atom stereocenters. The van der Waals surface area contributed by atoms with Crippen molar-refractivity contribution in [3.8, 4) is 5.75 Å². The molecule has 2 saturated heterocycles. The summed E-state index contributed by atoms with van der Waals surface area (Å²) >= 11 is 0. The molecule has 1 unspecified atom stereocenters. The van der Waals surface area contributed by atoms with Crippen LogP contribution >= 0.6 is 0 Å². The molecule has 3 aliphatic rings. The highest BCUT2D eigenvalue weighted by molar-refractivity contribution is 5.95. The van der Waals surface area contributed by atoms with E-state index < -0.39 is 54.1 Å². The van der Waals surface area contributed by atoms with Gasteiger partial charge in [-0.2, -0.15) is 0 Å². The van der Waals surface area contributed by atoms with Gasteiger partial charge in [0.2, 0.25) is 5.92 Å². The fourth-order valence-electron chi connectivity index (χ4n) is 7.47. The van der Waals surface area contributed by atoms with Crippen molar-refractivity contribution in [3.63, 3.8) is 0 Å². The molecule has 4 heterocycles. The molecule has 1 aliphatic carbocycles. The van der Waals surface area contributed by atoms with Gasteiger partial charge >= 0.3 is 12.1 Å². The lowest BCUT2D eigenvalue weighted by atomic mass is 9.59. The van der Waals surface area contributed by atoms with Crippen LogP contribution in [0.5, 0.6) is 5.75 Å². The lowest BCUT2D eigenvalue weighted by Crippen LogP contribution is -2.57. The van der Waals surface area contributed by atoms with Gasteiger partial charge < -0.3 is 19.1 Å². The summed E-state index contributed by atoms with van der Waals surface area (Å²) < 4.78 is 74.7. The zero-order valence-electron chi connectivity index (χ0n) is 27.5. The molecule has 13 heteroatoms. The molecule has 2 aromatic heterocycles. The van der Waals surface area contributed by atoms with E-state index in [-0.39, 0.29) is 24.4 Å². The largest absolute Gasteiger partial charge is 0.496 e. The fourth-order valence-corrected chi connectivity index (χ4v) is 7.47. The summed E-state index contributed by atoms with van der Waals surface area (Å²) in [5.74, 6) is -5.56. The standard InChI is InChI=1S/C34H40F4N4O5/c1-20-13-26(45-5)23(21-9-11-42(27(20)21)30(44)47-31(2,3)4)15-40-12-10-32(16-33(35,36)17-32)14-25(40)22-7-8-24(29(43)46-6)39-28(22)41-18-34(37,38)19-41/h7-9,11,13,25H,10,12,14-19H2,1-6H3. The van der Waals surface area contributed by atoms with Crippen LogP contribution in [0.2, 0.25) is 0 Å². The Hall–Kier alpha value is -3.87. The number of aromatic nitrogens is 2. The number of halogens is 4. The smallest absolute Gasteiger partial charge is 0.419 e. The van der Waals surface area contributed by atoms with Crippen LogP contribution in [-0.4, -0.2) is 77.8 Å². The monoisotopic (exact) mass is 660 g/mol. The van der Waals surface area contributed by atoms with Gasteiger partial charge in [0.25, 0.3) is 5.92 Å². The molecule has 1 saturated carbocycles. The van der Waals surface area contributed by atoms with Crippen LogP contribution in [-0.2, 0) is 16.0 Å². The minimum atomic E-state index is -2.91. The maximum atomic E-state index is 14.3. The maximum Gasteiger partial charge on any atom is 0.419 e. The van der Waals surface area contributed by atoms with Gasteiger partial charge in [0.05, 0.1) is 32.8 Å². The molecule has 3 aromatic rings. The van der Waals surface area contributed by atoms with Gasteiger partial charge in [0.15, 0.2) is 5.69 Å². The Kier molecular flexibility index (Phi) is 8.00. The van der Waals surface area contributed by atoms with E-state index in [1.165, 1.54) is 22.6 Å². The number of hydrogen-bond acceptors (Lipinski definition) is 8. The number of benzene rings is 1. The lowest BCUT2D eigenvalue weighted by Gasteiger charge is -2.55. The van der Waals surface area contributed by atoms with Gasteiger partial charge in [-0.3, -0.25) is 9.47 Å². The Balaban J connectivity index is 1.43. The molecule has 2 aliphatic heterocycles. The highest BCUT2D eigenvalue weighted by Crippen LogP contribution is 2.61. The molecule has 1 aromatic carbocycles. The van der Waals surface area contributed by atoms with E-state index in [9.17, 15) is 27.2 Å². The number of alkyl halides is 4. The topological polar surface area (TPSA) is 86.1 Å². The molecule has 47 heavy (non-hydrogen) atoms. The Morgan fingerprint density at radius 3 is 2.34 bits per heavy atom. The van der Waals surface area contributed by atoms with Crippen molar-refractivity contribution in [1.82, 2.24) is 14.5 Å². The summed E-state index contributed by atoms with van der Waals surface area (Å²) in [7, 11) is 2.77. The normalized spacial score (nSPS) is 21.7. The second kappa shape index (κ2) is 11.4. The highest BCUT2D eigenvalue weighted by atomic mass is 19.3. The van der Waals surface area contributed by atoms with Crippen molar-refractivity contribution in [2.45, 2.75) is 83.4 Å². The Bertz CT molecular complexity index is 1720. The number of esters is 1. The average Bonchev–Trinajstić information content (AvgIpc) is 3.42. The van der Waals surface area contributed by atoms with E-state index in [0.29, 0.717) is 42.8 Å². The molecule has 3 fully saturated rings. The Labute approximate surface area is 270 Å². The lowest BCUT2D eigenvalue weighted by molar-refractivity contribution is -0.186. The first-order chi connectivity index (χ1) is 21.9. The molecule has 9 nitrogen and oxygen atoms in total. The fraction of sp³-hybridized carbons (Fsp3) is 0.559. The number of anilines is 1. The molecule has 6 rings (SSSR count). The number of rotatable bonds is 6. The molecule has 0 amide bonds. The number of carbonyl (C=O) groups is 2. The SMILES string of the molecule is COC(=O)c1ccc(C2CC3(CCN2Cc2c(OC)cc(C)c4c2ccn4C(=O)OC(C)(C)C)CC(F)(F)C3)c(N2CC(F)(F)C2)n1. The van der Waals surface area contributed by atoms with Crippen molar-refractivity contribution in [2.24, 2.45) is 5.41 Å². The summed E-state index contributed by atoms with van der Waals surface area (Å²) in [6, 6.07) is 6.36. The number of fused-ring (bicyclic) bond motifs is 1. The number of likely N-dealkylation sites (tertiary alicyclic amines) is 1. The van der Waals surface area contributed by atoms with Crippen molar-refractivity contribution < 1.29 is 41.4 Å². The number of hydrogen-bond donors (Lipinski definition) is 0. The third-order valence-electron chi connectivity index (χ3n) is 9.47. The number of carbonyl (C=O) groups excluding carboxylic acids is 2. The summed E-state index contributed by atoms with van der Waals surface area (Å²) in [6.45, 7) is 6.87. The van der Waals surface area contributed by atoms with Crippen LogP contribution in [0.3, 0.4) is 0 Å². The van der Waals surface area contributed by atoms with Crippen molar-refractivity contribution in [3.05, 3.63) is 52.8 Å². The molecular formula is C34H40F4N4O5. The minimum Gasteiger partial charge on any atom is -0.496 e. The number of aryl methyl sites for hydroxylation is 1. The number of ether oxygens (including phenoxy) is 3. The second-order valence-corrected chi connectivity index (χ2v) is 14.3. The summed E-state index contributed by atoms with van der Waals surface area (Å²) in [5.41, 5.74) is 1.47. The Morgan fingerprint density at radius 1 is 1.04 bits per heavy atom. The number of piperidine rings is 1. The Morgan fingerprint density at radius 2 is 1.74 bits per heavy atom. The van der Waals surface area contributed by atoms with Crippen molar-refractivity contribution >= 4 is 28.8 Å². The first kappa shape index (κ1) is 33.0. The van der Waals surface area contributed by atoms with Gasteiger partial charge in [-0.1, -0.05) is 6.07 Å². The quantitative estimate of drug-likeness (QED) is 0.204. The van der Waals surface area contributed by atoms with E-state index in [1.54, 1.807) is 40.1 Å². The summed E-state index contributed by atoms with van der Waals surface area (Å²) in [4.78, 5) is 33.6. The van der Waals surface area contributed by atoms with Gasteiger partial charge in [-0.25, -0.2) is 32.1 Å². The molecule has 0 radical (unpaired) electrons.